The molecule has 1 aromatic rings. The molecule has 1 fully saturated rings. The third kappa shape index (κ3) is 3.09. The van der Waals surface area contributed by atoms with Gasteiger partial charge < -0.3 is 19.1 Å². The fraction of sp³-hybridized carbons (Fsp3) is 0.533. The van der Waals surface area contributed by atoms with Crippen LogP contribution in [0.25, 0.3) is 0 Å². The standard InChI is InChI=1S/C15H18ClNO4/c1-10-9-19-3-2-17(10)14(18)8-11-6-12(16)15-13(7-11)20-4-5-21-15/h6-7,10H,2-5,8-9H2,1H3/t10-/m1/s1. The summed E-state index contributed by atoms with van der Waals surface area (Å²) in [4.78, 5) is 14.3. The molecule has 0 spiro atoms. The Morgan fingerprint density at radius 1 is 1.33 bits per heavy atom. The molecule has 6 heteroatoms. The molecule has 3 rings (SSSR count). The minimum atomic E-state index is 0.0820. The highest BCUT2D eigenvalue weighted by molar-refractivity contribution is 6.32. The van der Waals surface area contributed by atoms with Gasteiger partial charge in [-0.25, -0.2) is 0 Å². The Balaban J connectivity index is 1.75. The smallest absolute Gasteiger partial charge is 0.227 e. The number of halogens is 1. The predicted octanol–water partition coefficient (Wildman–Crippen LogP) is 1.90. The summed E-state index contributed by atoms with van der Waals surface area (Å²) < 4.78 is 16.4. The summed E-state index contributed by atoms with van der Waals surface area (Å²) in [6, 6.07) is 3.72. The van der Waals surface area contributed by atoms with Crippen LogP contribution in [0.15, 0.2) is 12.1 Å². The maximum Gasteiger partial charge on any atom is 0.227 e. The second kappa shape index (κ2) is 6.12. The van der Waals surface area contributed by atoms with Crippen molar-refractivity contribution in [2.75, 3.05) is 33.0 Å². The highest BCUT2D eigenvalue weighted by atomic mass is 35.5. The van der Waals surface area contributed by atoms with Crippen molar-refractivity contribution in [1.29, 1.82) is 0 Å². The first-order valence-corrected chi connectivity index (χ1v) is 7.48. The van der Waals surface area contributed by atoms with Crippen LogP contribution in [0.4, 0.5) is 0 Å². The van der Waals surface area contributed by atoms with Crippen LogP contribution in [0.2, 0.25) is 5.02 Å². The molecule has 0 saturated carbocycles. The van der Waals surface area contributed by atoms with E-state index >= 15 is 0 Å². The highest BCUT2D eigenvalue weighted by Crippen LogP contribution is 2.38. The molecule has 2 heterocycles. The molecule has 21 heavy (non-hydrogen) atoms. The molecular weight excluding hydrogens is 294 g/mol. The number of carbonyl (C=O) groups is 1. The van der Waals surface area contributed by atoms with Gasteiger partial charge in [0.2, 0.25) is 5.91 Å². The molecule has 0 N–H and O–H groups in total. The minimum absolute atomic E-state index is 0.0820. The summed E-state index contributed by atoms with van der Waals surface area (Å²) in [6.45, 7) is 4.81. The van der Waals surface area contributed by atoms with Gasteiger partial charge in [-0.15, -0.1) is 0 Å². The van der Waals surface area contributed by atoms with Crippen LogP contribution in [-0.4, -0.2) is 49.8 Å². The predicted molar refractivity (Wildman–Crippen MR) is 78.1 cm³/mol. The van der Waals surface area contributed by atoms with Gasteiger partial charge in [0, 0.05) is 6.54 Å². The zero-order chi connectivity index (χ0) is 14.8. The van der Waals surface area contributed by atoms with Crippen LogP contribution in [-0.2, 0) is 16.0 Å². The molecule has 2 aliphatic rings. The lowest BCUT2D eigenvalue weighted by Crippen LogP contribution is -2.47. The van der Waals surface area contributed by atoms with E-state index < -0.39 is 0 Å². The Morgan fingerprint density at radius 2 is 2.14 bits per heavy atom. The van der Waals surface area contributed by atoms with Crippen molar-refractivity contribution in [3.8, 4) is 11.5 Å². The van der Waals surface area contributed by atoms with Crippen molar-refractivity contribution in [2.24, 2.45) is 0 Å². The third-order valence-corrected chi connectivity index (χ3v) is 3.98. The van der Waals surface area contributed by atoms with E-state index in [2.05, 4.69) is 0 Å². The number of benzene rings is 1. The molecule has 0 unspecified atom stereocenters. The zero-order valence-corrected chi connectivity index (χ0v) is 12.7. The second-order valence-corrected chi connectivity index (χ2v) is 5.70. The summed E-state index contributed by atoms with van der Waals surface area (Å²) >= 11 is 6.20. The molecule has 5 nitrogen and oxygen atoms in total. The van der Waals surface area contributed by atoms with Gasteiger partial charge in [-0.1, -0.05) is 11.6 Å². The maximum absolute atomic E-state index is 12.4. The van der Waals surface area contributed by atoms with Crippen LogP contribution >= 0.6 is 11.6 Å². The third-order valence-electron chi connectivity index (χ3n) is 3.70. The van der Waals surface area contributed by atoms with Gasteiger partial charge in [-0.2, -0.15) is 0 Å². The summed E-state index contributed by atoms with van der Waals surface area (Å²) in [5.41, 5.74) is 0.841. The molecule has 2 aliphatic heterocycles. The number of nitrogens with zero attached hydrogens (tertiary/aromatic N) is 1. The van der Waals surface area contributed by atoms with Crippen molar-refractivity contribution in [1.82, 2.24) is 4.90 Å². The Bertz CT molecular complexity index is 549. The van der Waals surface area contributed by atoms with E-state index in [4.69, 9.17) is 25.8 Å². The van der Waals surface area contributed by atoms with Crippen LogP contribution in [0, 0.1) is 0 Å². The van der Waals surface area contributed by atoms with Crippen LogP contribution in [0.1, 0.15) is 12.5 Å². The van der Waals surface area contributed by atoms with E-state index in [1.54, 1.807) is 6.07 Å². The molecular formula is C15H18ClNO4. The highest BCUT2D eigenvalue weighted by Gasteiger charge is 2.25. The molecule has 1 saturated heterocycles. The molecule has 0 bridgehead atoms. The summed E-state index contributed by atoms with van der Waals surface area (Å²) in [5.74, 6) is 1.27. The van der Waals surface area contributed by atoms with Crippen LogP contribution in [0.3, 0.4) is 0 Å². The second-order valence-electron chi connectivity index (χ2n) is 5.29. The average molecular weight is 312 g/mol. The lowest BCUT2D eigenvalue weighted by molar-refractivity contribution is -0.138. The van der Waals surface area contributed by atoms with Gasteiger partial charge >= 0.3 is 0 Å². The minimum Gasteiger partial charge on any atom is -0.486 e. The molecule has 114 valence electrons. The Morgan fingerprint density at radius 3 is 2.95 bits per heavy atom. The Hall–Kier alpha value is -1.46. The molecule has 0 aromatic heterocycles. The number of carbonyl (C=O) groups excluding carboxylic acids is 1. The van der Waals surface area contributed by atoms with Crippen molar-refractivity contribution in [2.45, 2.75) is 19.4 Å². The normalized spacial score (nSPS) is 21.2. The monoisotopic (exact) mass is 311 g/mol. The van der Waals surface area contributed by atoms with Gasteiger partial charge in [0.05, 0.1) is 30.7 Å². The van der Waals surface area contributed by atoms with E-state index in [-0.39, 0.29) is 11.9 Å². The summed E-state index contributed by atoms with van der Waals surface area (Å²) in [7, 11) is 0. The first kappa shape index (κ1) is 14.5. The fourth-order valence-corrected chi connectivity index (χ4v) is 2.93. The summed E-state index contributed by atoms with van der Waals surface area (Å²) in [6.07, 6.45) is 0.306. The van der Waals surface area contributed by atoms with Gasteiger partial charge in [-0.3, -0.25) is 4.79 Å². The van der Waals surface area contributed by atoms with E-state index in [0.29, 0.717) is 55.9 Å². The van der Waals surface area contributed by atoms with Crippen molar-refractivity contribution in [3.05, 3.63) is 22.7 Å². The number of hydrogen-bond acceptors (Lipinski definition) is 4. The van der Waals surface area contributed by atoms with E-state index in [9.17, 15) is 4.79 Å². The quantitative estimate of drug-likeness (QED) is 0.837. The number of ether oxygens (including phenoxy) is 3. The van der Waals surface area contributed by atoms with Crippen molar-refractivity contribution < 1.29 is 19.0 Å². The average Bonchev–Trinajstić information content (AvgIpc) is 2.47. The largest absolute Gasteiger partial charge is 0.486 e. The molecule has 1 aromatic carbocycles. The van der Waals surface area contributed by atoms with Crippen molar-refractivity contribution in [3.63, 3.8) is 0 Å². The van der Waals surface area contributed by atoms with Crippen LogP contribution in [0.5, 0.6) is 11.5 Å². The number of fused-ring (bicyclic) bond motifs is 1. The van der Waals surface area contributed by atoms with Gasteiger partial charge in [-0.05, 0) is 24.6 Å². The maximum atomic E-state index is 12.4. The first-order valence-electron chi connectivity index (χ1n) is 7.10. The molecule has 0 aliphatic carbocycles. The molecule has 1 atom stereocenters. The number of amides is 1. The Kier molecular flexibility index (Phi) is 4.22. The molecule has 1 amide bonds. The van der Waals surface area contributed by atoms with E-state index in [1.165, 1.54) is 0 Å². The van der Waals surface area contributed by atoms with Gasteiger partial charge in [0.1, 0.15) is 13.2 Å². The zero-order valence-electron chi connectivity index (χ0n) is 11.9. The number of rotatable bonds is 2. The van der Waals surface area contributed by atoms with Crippen molar-refractivity contribution >= 4 is 17.5 Å². The summed E-state index contributed by atoms with van der Waals surface area (Å²) in [5, 5.41) is 0.491. The SMILES string of the molecule is C[C@@H]1COCCN1C(=O)Cc1cc(Cl)c2c(c1)OCCO2. The van der Waals surface area contributed by atoms with Gasteiger partial charge in [0.15, 0.2) is 11.5 Å². The fourth-order valence-electron chi connectivity index (χ4n) is 2.64. The van der Waals surface area contributed by atoms with Crippen LogP contribution < -0.4 is 9.47 Å². The number of hydrogen-bond donors (Lipinski definition) is 0. The van der Waals surface area contributed by atoms with Gasteiger partial charge in [0.25, 0.3) is 0 Å². The lowest BCUT2D eigenvalue weighted by Gasteiger charge is -2.33. The first-order chi connectivity index (χ1) is 10.1. The number of morpholine rings is 1. The topological polar surface area (TPSA) is 48.0 Å². The van der Waals surface area contributed by atoms with E-state index in [0.717, 1.165) is 5.56 Å². The Labute approximate surface area is 128 Å². The lowest BCUT2D eigenvalue weighted by atomic mass is 10.1. The van der Waals surface area contributed by atoms with E-state index in [1.807, 2.05) is 17.9 Å². The molecule has 0 radical (unpaired) electrons.